The third-order valence-electron chi connectivity index (χ3n) is 5.02. The molecule has 0 radical (unpaired) electrons. The van der Waals surface area contributed by atoms with Gasteiger partial charge in [-0.25, -0.2) is 0 Å². The van der Waals surface area contributed by atoms with Crippen molar-refractivity contribution < 1.29 is 0 Å². The van der Waals surface area contributed by atoms with Crippen molar-refractivity contribution in [3.63, 3.8) is 0 Å². The highest BCUT2D eigenvalue weighted by Crippen LogP contribution is 2.48. The zero-order valence-electron chi connectivity index (χ0n) is 13.1. The topological polar surface area (TPSA) is 12.0 Å². The molecule has 1 aliphatic carbocycles. The van der Waals surface area contributed by atoms with Gasteiger partial charge in [-0.3, -0.25) is 0 Å². The van der Waals surface area contributed by atoms with Crippen LogP contribution in [0.2, 0.25) is 0 Å². The Bertz CT molecular complexity index is 584. The molecule has 1 aliphatic rings. The monoisotopic (exact) mass is 279 g/mol. The molecule has 0 amide bonds. The molecule has 2 aromatic rings. The summed E-state index contributed by atoms with van der Waals surface area (Å²) in [4.78, 5) is 0. The van der Waals surface area contributed by atoms with Crippen LogP contribution in [-0.4, -0.2) is 6.54 Å². The van der Waals surface area contributed by atoms with E-state index in [1.165, 1.54) is 36.0 Å². The molecule has 0 bridgehead atoms. The second kappa shape index (κ2) is 6.03. The summed E-state index contributed by atoms with van der Waals surface area (Å²) in [6.45, 7) is 5.65. The smallest absolute Gasteiger partial charge is 0.0579 e. The van der Waals surface area contributed by atoms with Crippen LogP contribution in [0.3, 0.4) is 0 Å². The Balaban J connectivity index is 1.86. The Hall–Kier alpha value is -1.60. The summed E-state index contributed by atoms with van der Waals surface area (Å²) >= 11 is 0. The average molecular weight is 279 g/mol. The lowest BCUT2D eigenvalue weighted by Gasteiger charge is -2.24. The maximum atomic E-state index is 3.85. The van der Waals surface area contributed by atoms with Crippen LogP contribution in [0.15, 0.2) is 54.6 Å². The number of hydrogen-bond donors (Lipinski definition) is 1. The second-order valence-electron chi connectivity index (χ2n) is 6.43. The fraction of sp³-hybridized carbons (Fsp3) is 0.400. The van der Waals surface area contributed by atoms with Crippen LogP contribution < -0.4 is 5.32 Å². The van der Waals surface area contributed by atoms with Gasteiger partial charge >= 0.3 is 0 Å². The van der Waals surface area contributed by atoms with Gasteiger partial charge in [-0.1, -0.05) is 61.5 Å². The van der Waals surface area contributed by atoms with E-state index < -0.39 is 0 Å². The van der Waals surface area contributed by atoms with Gasteiger partial charge in [0.25, 0.3) is 0 Å². The average Bonchev–Trinajstić information content (AvgIpc) is 3.31. The van der Waals surface area contributed by atoms with E-state index in [1.807, 2.05) is 0 Å². The highest BCUT2D eigenvalue weighted by molar-refractivity contribution is 5.36. The van der Waals surface area contributed by atoms with Gasteiger partial charge in [-0.2, -0.15) is 0 Å². The first-order chi connectivity index (χ1) is 10.2. The van der Waals surface area contributed by atoms with Gasteiger partial charge in [0.05, 0.1) is 6.04 Å². The van der Waals surface area contributed by atoms with Crippen LogP contribution in [0, 0.1) is 12.3 Å². The van der Waals surface area contributed by atoms with Crippen molar-refractivity contribution in [3.05, 3.63) is 71.3 Å². The van der Waals surface area contributed by atoms with Crippen LogP contribution in [0.5, 0.6) is 0 Å². The zero-order chi connectivity index (χ0) is 14.7. The summed E-state index contributed by atoms with van der Waals surface area (Å²) in [5, 5.41) is 3.85. The van der Waals surface area contributed by atoms with Crippen molar-refractivity contribution in [2.45, 2.75) is 39.2 Å². The third kappa shape index (κ3) is 3.19. The quantitative estimate of drug-likeness (QED) is 0.796. The Labute approximate surface area is 128 Å². The molecule has 3 rings (SSSR count). The van der Waals surface area contributed by atoms with Crippen molar-refractivity contribution in [1.82, 2.24) is 5.32 Å². The van der Waals surface area contributed by atoms with E-state index >= 15 is 0 Å². The van der Waals surface area contributed by atoms with Crippen LogP contribution in [0.4, 0.5) is 0 Å². The number of aryl methyl sites for hydroxylation is 1. The molecule has 0 spiro atoms. The van der Waals surface area contributed by atoms with Gasteiger partial charge in [0.2, 0.25) is 0 Å². The normalized spacial score (nSPS) is 17.4. The Kier molecular flexibility index (Phi) is 4.12. The van der Waals surface area contributed by atoms with Crippen LogP contribution >= 0.6 is 0 Å². The van der Waals surface area contributed by atoms with Gasteiger partial charge in [0, 0.05) is 6.54 Å². The molecule has 21 heavy (non-hydrogen) atoms. The van der Waals surface area contributed by atoms with Crippen molar-refractivity contribution in [2.24, 2.45) is 5.41 Å². The van der Waals surface area contributed by atoms with E-state index in [0.29, 0.717) is 11.5 Å². The molecular weight excluding hydrogens is 254 g/mol. The lowest BCUT2D eigenvalue weighted by Crippen LogP contribution is -2.29. The third-order valence-corrected chi connectivity index (χ3v) is 5.02. The largest absolute Gasteiger partial charge is 0.306 e. The highest BCUT2D eigenvalue weighted by Gasteiger charge is 2.40. The maximum Gasteiger partial charge on any atom is 0.0579 e. The van der Waals surface area contributed by atoms with Crippen LogP contribution in [0.1, 0.15) is 48.9 Å². The lowest BCUT2D eigenvalue weighted by atomic mass is 9.94. The molecule has 2 aromatic carbocycles. The minimum atomic E-state index is 0.302. The summed E-state index contributed by atoms with van der Waals surface area (Å²) in [7, 11) is 0. The molecule has 0 aromatic heterocycles. The second-order valence-corrected chi connectivity index (χ2v) is 6.43. The summed E-state index contributed by atoms with van der Waals surface area (Å²) < 4.78 is 0. The Morgan fingerprint density at radius 2 is 1.67 bits per heavy atom. The predicted molar refractivity (Wildman–Crippen MR) is 89.4 cm³/mol. The minimum Gasteiger partial charge on any atom is -0.306 e. The van der Waals surface area contributed by atoms with Crippen molar-refractivity contribution in [3.8, 4) is 0 Å². The Morgan fingerprint density at radius 3 is 2.29 bits per heavy atom. The lowest BCUT2D eigenvalue weighted by molar-refractivity contribution is 0.423. The maximum absolute atomic E-state index is 3.85. The molecule has 1 nitrogen and oxygen atoms in total. The zero-order valence-corrected chi connectivity index (χ0v) is 13.1. The molecule has 110 valence electrons. The minimum absolute atomic E-state index is 0.302. The molecule has 1 fully saturated rings. The van der Waals surface area contributed by atoms with E-state index in [1.54, 1.807) is 0 Å². The summed E-state index contributed by atoms with van der Waals surface area (Å²) in [5.41, 5.74) is 4.69. The van der Waals surface area contributed by atoms with Gasteiger partial charge in [-0.05, 0) is 48.3 Å². The Morgan fingerprint density at radius 1 is 1.00 bits per heavy atom. The van der Waals surface area contributed by atoms with E-state index in [-0.39, 0.29) is 0 Å². The summed E-state index contributed by atoms with van der Waals surface area (Å²) in [6.07, 6.45) is 4.05. The predicted octanol–water partition coefficient (Wildman–Crippen LogP) is 4.86. The number of hydrogen-bond acceptors (Lipinski definition) is 1. The molecule has 0 heterocycles. The van der Waals surface area contributed by atoms with Gasteiger partial charge in [0.1, 0.15) is 0 Å². The van der Waals surface area contributed by atoms with Crippen molar-refractivity contribution in [2.75, 3.05) is 6.54 Å². The standard InChI is InChI=1S/C20H25N/c1-3-20(13-14-20)15-21-19(17-10-5-4-6-11-17)18-12-8-7-9-16(18)2/h4-12,19,21H,3,13-15H2,1-2H3. The fourth-order valence-electron chi connectivity index (χ4n) is 3.11. The molecule has 1 atom stereocenters. The highest BCUT2D eigenvalue weighted by atomic mass is 14.9. The van der Waals surface area contributed by atoms with E-state index in [9.17, 15) is 0 Å². The first-order valence-corrected chi connectivity index (χ1v) is 8.08. The van der Waals surface area contributed by atoms with E-state index in [2.05, 4.69) is 73.8 Å². The molecule has 0 aliphatic heterocycles. The molecular formula is C20H25N. The van der Waals surface area contributed by atoms with Gasteiger partial charge in [0.15, 0.2) is 0 Å². The van der Waals surface area contributed by atoms with Crippen molar-refractivity contribution >= 4 is 0 Å². The number of rotatable bonds is 6. The van der Waals surface area contributed by atoms with E-state index in [0.717, 1.165) is 6.54 Å². The molecule has 1 unspecified atom stereocenters. The summed E-state index contributed by atoms with van der Waals surface area (Å²) in [6, 6.07) is 19.9. The first kappa shape index (κ1) is 14.3. The van der Waals surface area contributed by atoms with Crippen LogP contribution in [-0.2, 0) is 0 Å². The van der Waals surface area contributed by atoms with Gasteiger partial charge < -0.3 is 5.32 Å². The fourth-order valence-corrected chi connectivity index (χ4v) is 3.11. The van der Waals surface area contributed by atoms with Gasteiger partial charge in [-0.15, -0.1) is 0 Å². The summed E-state index contributed by atoms with van der Waals surface area (Å²) in [5.74, 6) is 0. The molecule has 1 heteroatoms. The first-order valence-electron chi connectivity index (χ1n) is 8.08. The SMILES string of the molecule is CCC1(CNC(c2ccccc2)c2ccccc2C)CC1. The number of benzene rings is 2. The van der Waals surface area contributed by atoms with E-state index in [4.69, 9.17) is 0 Å². The molecule has 1 N–H and O–H groups in total. The van der Waals surface area contributed by atoms with Crippen molar-refractivity contribution in [1.29, 1.82) is 0 Å². The molecule has 0 saturated heterocycles. The number of nitrogens with one attached hydrogen (secondary N) is 1. The molecule has 1 saturated carbocycles. The van der Waals surface area contributed by atoms with Crippen LogP contribution in [0.25, 0.3) is 0 Å².